The van der Waals surface area contributed by atoms with Gasteiger partial charge in [-0.2, -0.15) is 0 Å². The van der Waals surface area contributed by atoms with Gasteiger partial charge in [0, 0.05) is 25.2 Å². The molecule has 98 valence electrons. The molecule has 3 atom stereocenters. The van der Waals surface area contributed by atoms with E-state index in [1.807, 2.05) is 6.92 Å². The molecule has 2 rings (SSSR count). The predicted octanol–water partition coefficient (Wildman–Crippen LogP) is 1.31. The standard InChI is InChI=1S/C13H24N2O2/c1-9-6-10(2)15(7-9)8-13(3,12(16)17)14-11-4-5-11/h9-11,14H,4-8H2,1-3H3,(H,16,17). The van der Waals surface area contributed by atoms with Gasteiger partial charge in [-0.25, -0.2) is 0 Å². The molecule has 2 N–H and O–H groups in total. The molecule has 0 aromatic carbocycles. The maximum absolute atomic E-state index is 11.5. The van der Waals surface area contributed by atoms with Crippen LogP contribution >= 0.6 is 0 Å². The molecule has 4 heteroatoms. The first-order valence-electron chi connectivity index (χ1n) is 6.66. The Kier molecular flexibility index (Phi) is 3.46. The van der Waals surface area contributed by atoms with Crippen LogP contribution in [0.5, 0.6) is 0 Å². The molecule has 0 amide bonds. The molecule has 2 aliphatic rings. The Morgan fingerprint density at radius 3 is 2.53 bits per heavy atom. The van der Waals surface area contributed by atoms with Gasteiger partial charge in [0.1, 0.15) is 5.54 Å². The number of hydrogen-bond donors (Lipinski definition) is 2. The first kappa shape index (κ1) is 12.8. The average Bonchev–Trinajstić information content (AvgIpc) is 2.94. The highest BCUT2D eigenvalue weighted by Crippen LogP contribution is 2.27. The summed E-state index contributed by atoms with van der Waals surface area (Å²) in [6, 6.07) is 0.927. The van der Waals surface area contributed by atoms with E-state index >= 15 is 0 Å². The molecule has 0 spiro atoms. The van der Waals surface area contributed by atoms with Gasteiger partial charge in [-0.15, -0.1) is 0 Å². The van der Waals surface area contributed by atoms with Crippen LogP contribution in [0.1, 0.15) is 40.0 Å². The molecule has 1 aliphatic heterocycles. The summed E-state index contributed by atoms with van der Waals surface area (Å²) in [5, 5.41) is 12.7. The van der Waals surface area contributed by atoms with Crippen molar-refractivity contribution in [3.05, 3.63) is 0 Å². The molecule has 1 saturated carbocycles. The van der Waals surface area contributed by atoms with Gasteiger partial charge in [0.15, 0.2) is 0 Å². The Morgan fingerprint density at radius 1 is 1.47 bits per heavy atom. The second kappa shape index (κ2) is 4.58. The van der Waals surface area contributed by atoms with E-state index in [1.165, 1.54) is 6.42 Å². The minimum absolute atomic E-state index is 0.423. The zero-order chi connectivity index (χ0) is 12.6. The van der Waals surface area contributed by atoms with Crippen LogP contribution in [0.2, 0.25) is 0 Å². The van der Waals surface area contributed by atoms with Gasteiger partial charge >= 0.3 is 5.97 Å². The summed E-state index contributed by atoms with van der Waals surface area (Å²) in [7, 11) is 0. The summed E-state index contributed by atoms with van der Waals surface area (Å²) < 4.78 is 0. The third-order valence-electron chi connectivity index (χ3n) is 4.00. The van der Waals surface area contributed by atoms with Crippen LogP contribution in [0.4, 0.5) is 0 Å². The number of nitrogens with zero attached hydrogens (tertiary/aromatic N) is 1. The van der Waals surface area contributed by atoms with E-state index in [0.717, 1.165) is 19.4 Å². The van der Waals surface area contributed by atoms with Gasteiger partial charge in [0.25, 0.3) is 0 Å². The summed E-state index contributed by atoms with van der Waals surface area (Å²) in [5.74, 6) is -0.0416. The molecular weight excluding hydrogens is 216 g/mol. The Morgan fingerprint density at radius 2 is 2.12 bits per heavy atom. The van der Waals surface area contributed by atoms with Crippen molar-refractivity contribution in [3.8, 4) is 0 Å². The van der Waals surface area contributed by atoms with Crippen LogP contribution in [-0.2, 0) is 4.79 Å². The van der Waals surface area contributed by atoms with E-state index in [2.05, 4.69) is 24.1 Å². The lowest BCUT2D eigenvalue weighted by atomic mass is 10.0. The molecule has 1 aliphatic carbocycles. The fraction of sp³-hybridized carbons (Fsp3) is 0.923. The lowest BCUT2D eigenvalue weighted by molar-refractivity contribution is -0.145. The zero-order valence-corrected chi connectivity index (χ0v) is 11.1. The third-order valence-corrected chi connectivity index (χ3v) is 4.00. The van der Waals surface area contributed by atoms with Gasteiger partial charge in [0.2, 0.25) is 0 Å². The highest BCUT2D eigenvalue weighted by molar-refractivity contribution is 5.78. The minimum atomic E-state index is -0.792. The molecule has 2 fully saturated rings. The van der Waals surface area contributed by atoms with Crippen molar-refractivity contribution < 1.29 is 9.90 Å². The second-order valence-electron chi connectivity index (χ2n) is 6.18. The molecule has 4 nitrogen and oxygen atoms in total. The van der Waals surface area contributed by atoms with Crippen LogP contribution < -0.4 is 5.32 Å². The topological polar surface area (TPSA) is 52.6 Å². The Labute approximate surface area is 103 Å². The SMILES string of the molecule is CC1CC(C)N(CC(C)(NC2CC2)C(=O)O)C1. The van der Waals surface area contributed by atoms with Crippen LogP contribution in [0.3, 0.4) is 0 Å². The Balaban J connectivity index is 1.99. The number of carboxylic acids is 1. The molecule has 0 bridgehead atoms. The summed E-state index contributed by atoms with van der Waals surface area (Å²) >= 11 is 0. The maximum atomic E-state index is 11.5. The average molecular weight is 240 g/mol. The predicted molar refractivity (Wildman–Crippen MR) is 67.0 cm³/mol. The first-order chi connectivity index (χ1) is 7.90. The molecular formula is C13H24N2O2. The van der Waals surface area contributed by atoms with Gasteiger partial charge in [0.05, 0.1) is 0 Å². The monoisotopic (exact) mass is 240 g/mol. The van der Waals surface area contributed by atoms with E-state index < -0.39 is 11.5 Å². The number of likely N-dealkylation sites (tertiary alicyclic amines) is 1. The molecule has 0 aromatic rings. The quantitative estimate of drug-likeness (QED) is 0.761. The third kappa shape index (κ3) is 2.99. The summed E-state index contributed by atoms with van der Waals surface area (Å²) in [6.07, 6.45) is 3.42. The number of nitrogens with one attached hydrogen (secondary N) is 1. The molecule has 17 heavy (non-hydrogen) atoms. The summed E-state index contributed by atoms with van der Waals surface area (Å²) in [6.45, 7) is 7.90. The van der Waals surface area contributed by atoms with Crippen molar-refractivity contribution in [2.75, 3.05) is 13.1 Å². The van der Waals surface area contributed by atoms with Crippen LogP contribution in [0.15, 0.2) is 0 Å². The van der Waals surface area contributed by atoms with E-state index in [0.29, 0.717) is 24.5 Å². The normalized spacial score (nSPS) is 33.6. The van der Waals surface area contributed by atoms with E-state index in [1.54, 1.807) is 0 Å². The van der Waals surface area contributed by atoms with Crippen molar-refractivity contribution in [2.24, 2.45) is 5.92 Å². The minimum Gasteiger partial charge on any atom is -0.480 e. The van der Waals surface area contributed by atoms with E-state index in [4.69, 9.17) is 0 Å². The molecule has 1 heterocycles. The van der Waals surface area contributed by atoms with Crippen molar-refractivity contribution in [2.45, 2.75) is 57.7 Å². The van der Waals surface area contributed by atoms with E-state index in [9.17, 15) is 9.90 Å². The number of aliphatic carboxylic acids is 1. The zero-order valence-electron chi connectivity index (χ0n) is 11.1. The number of carbonyl (C=O) groups is 1. The van der Waals surface area contributed by atoms with Crippen molar-refractivity contribution in [1.29, 1.82) is 0 Å². The first-order valence-corrected chi connectivity index (χ1v) is 6.66. The second-order valence-corrected chi connectivity index (χ2v) is 6.18. The fourth-order valence-corrected chi connectivity index (χ4v) is 2.87. The van der Waals surface area contributed by atoms with Crippen LogP contribution in [0, 0.1) is 5.92 Å². The van der Waals surface area contributed by atoms with Gasteiger partial charge in [-0.05, 0) is 39.0 Å². The Bertz CT molecular complexity index is 304. The molecule has 0 aromatic heterocycles. The molecule has 3 unspecified atom stereocenters. The smallest absolute Gasteiger partial charge is 0.324 e. The van der Waals surface area contributed by atoms with Gasteiger partial charge in [-0.3, -0.25) is 15.0 Å². The highest BCUT2D eigenvalue weighted by atomic mass is 16.4. The summed E-state index contributed by atoms with van der Waals surface area (Å²) in [5.41, 5.74) is -0.792. The van der Waals surface area contributed by atoms with E-state index in [-0.39, 0.29) is 0 Å². The van der Waals surface area contributed by atoms with Crippen molar-refractivity contribution >= 4 is 5.97 Å². The van der Waals surface area contributed by atoms with Crippen molar-refractivity contribution in [1.82, 2.24) is 10.2 Å². The summed E-state index contributed by atoms with van der Waals surface area (Å²) in [4.78, 5) is 13.8. The largest absolute Gasteiger partial charge is 0.480 e. The number of hydrogen-bond acceptors (Lipinski definition) is 3. The number of rotatable bonds is 5. The van der Waals surface area contributed by atoms with Gasteiger partial charge < -0.3 is 5.11 Å². The molecule has 1 saturated heterocycles. The van der Waals surface area contributed by atoms with Crippen LogP contribution in [0.25, 0.3) is 0 Å². The van der Waals surface area contributed by atoms with Crippen molar-refractivity contribution in [3.63, 3.8) is 0 Å². The van der Waals surface area contributed by atoms with Crippen LogP contribution in [-0.4, -0.2) is 46.7 Å². The lowest BCUT2D eigenvalue weighted by Crippen LogP contribution is -2.58. The highest BCUT2D eigenvalue weighted by Gasteiger charge is 2.42. The molecule has 0 radical (unpaired) electrons. The Hall–Kier alpha value is -0.610. The number of carboxylic acid groups (broad SMARTS) is 1. The maximum Gasteiger partial charge on any atom is 0.324 e. The van der Waals surface area contributed by atoms with Gasteiger partial charge in [-0.1, -0.05) is 6.92 Å². The lowest BCUT2D eigenvalue weighted by Gasteiger charge is -2.33. The fourth-order valence-electron chi connectivity index (χ4n) is 2.87.